The van der Waals surface area contributed by atoms with Gasteiger partial charge in [-0.1, -0.05) is 42.9 Å². The molecule has 1 N–H and O–H groups in total. The Labute approximate surface area is 196 Å². The molecule has 2 aromatic rings. The van der Waals surface area contributed by atoms with E-state index in [1.54, 1.807) is 31.2 Å². The normalized spacial score (nSPS) is 19.4. The van der Waals surface area contributed by atoms with E-state index < -0.39 is 17.8 Å². The molecular weight excluding hydrogens is 444 g/mol. The van der Waals surface area contributed by atoms with Crippen molar-refractivity contribution in [2.75, 3.05) is 11.9 Å². The molecule has 0 radical (unpaired) electrons. The standard InChI is InChI=1S/C24H23ClN4O4/c1-4-33-23(32)19-18(12-29-21(30)15-7-5-6-8-16(15)22(29)31)27-24(25)28-20(19)26-17-11-13(2)9-10-14(17)3/h5-11,14,17H,4,12H2,1-3H3,(H,26,27,28). The number of carbonyl (C=O) groups excluding carboxylic acids is 3. The molecule has 0 saturated heterocycles. The number of nitrogens with zero attached hydrogens (tertiary/aromatic N) is 3. The molecule has 2 heterocycles. The minimum atomic E-state index is -0.664. The first kappa shape index (κ1) is 22.7. The fourth-order valence-corrected chi connectivity index (χ4v) is 4.08. The number of nitrogens with one attached hydrogen (secondary N) is 1. The van der Waals surface area contributed by atoms with Gasteiger partial charge in [-0.25, -0.2) is 9.78 Å². The number of amides is 2. The van der Waals surface area contributed by atoms with Crippen LogP contribution >= 0.6 is 11.6 Å². The van der Waals surface area contributed by atoms with Gasteiger partial charge in [0.2, 0.25) is 5.28 Å². The molecular formula is C24H23ClN4O4. The van der Waals surface area contributed by atoms with Gasteiger partial charge in [-0.15, -0.1) is 0 Å². The van der Waals surface area contributed by atoms with Gasteiger partial charge < -0.3 is 10.1 Å². The van der Waals surface area contributed by atoms with Crippen molar-refractivity contribution < 1.29 is 19.1 Å². The molecule has 2 aliphatic rings. The van der Waals surface area contributed by atoms with Gasteiger partial charge in [0.05, 0.1) is 36.0 Å². The number of hydrogen-bond acceptors (Lipinski definition) is 7. The fourth-order valence-electron chi connectivity index (χ4n) is 3.89. The number of imide groups is 1. The molecule has 4 rings (SSSR count). The Bertz CT molecular complexity index is 1170. The monoisotopic (exact) mass is 466 g/mol. The number of benzene rings is 1. The van der Waals surface area contributed by atoms with Crippen molar-refractivity contribution in [3.05, 3.63) is 75.7 Å². The number of anilines is 1. The third-order valence-electron chi connectivity index (χ3n) is 5.60. The third kappa shape index (κ3) is 4.39. The molecule has 1 aromatic carbocycles. The van der Waals surface area contributed by atoms with Gasteiger partial charge >= 0.3 is 5.97 Å². The predicted octanol–water partition coefficient (Wildman–Crippen LogP) is 4.04. The van der Waals surface area contributed by atoms with E-state index in [2.05, 4.69) is 21.4 Å². The molecule has 0 bridgehead atoms. The van der Waals surface area contributed by atoms with E-state index in [9.17, 15) is 14.4 Å². The van der Waals surface area contributed by atoms with Gasteiger partial charge in [-0.2, -0.15) is 4.98 Å². The van der Waals surface area contributed by atoms with E-state index >= 15 is 0 Å². The van der Waals surface area contributed by atoms with Crippen LogP contribution in [0, 0.1) is 5.92 Å². The smallest absolute Gasteiger partial charge is 0.343 e. The van der Waals surface area contributed by atoms with Crippen molar-refractivity contribution in [3.8, 4) is 0 Å². The number of rotatable bonds is 6. The Hall–Kier alpha value is -3.52. The second-order valence-electron chi connectivity index (χ2n) is 7.92. The van der Waals surface area contributed by atoms with Gasteiger partial charge in [0.25, 0.3) is 11.8 Å². The highest BCUT2D eigenvalue weighted by Crippen LogP contribution is 2.29. The Morgan fingerprint density at radius 1 is 1.18 bits per heavy atom. The zero-order valence-electron chi connectivity index (χ0n) is 18.5. The minimum absolute atomic E-state index is 0.0469. The van der Waals surface area contributed by atoms with E-state index in [1.165, 1.54) is 0 Å². The Kier molecular flexibility index (Phi) is 6.29. The first-order valence-electron chi connectivity index (χ1n) is 10.6. The van der Waals surface area contributed by atoms with Crippen molar-refractivity contribution in [1.82, 2.24) is 14.9 Å². The number of ether oxygens (including phenoxy) is 1. The summed E-state index contributed by atoms with van der Waals surface area (Å²) in [6, 6.07) is 6.41. The quantitative estimate of drug-likeness (QED) is 0.389. The molecule has 1 aromatic heterocycles. The third-order valence-corrected chi connectivity index (χ3v) is 5.77. The van der Waals surface area contributed by atoms with Crippen LogP contribution in [-0.4, -0.2) is 45.3 Å². The summed E-state index contributed by atoms with van der Waals surface area (Å²) in [6.45, 7) is 5.58. The SMILES string of the molecule is CCOC(=O)c1c(CN2C(=O)c3ccccc3C2=O)nc(Cl)nc1NC1C=C(C)C=CC1C. The molecule has 2 atom stereocenters. The van der Waals surface area contributed by atoms with Crippen molar-refractivity contribution in [2.45, 2.75) is 33.4 Å². The highest BCUT2D eigenvalue weighted by Gasteiger charge is 2.37. The first-order chi connectivity index (χ1) is 15.8. The molecule has 0 spiro atoms. The second-order valence-corrected chi connectivity index (χ2v) is 8.26. The second kappa shape index (κ2) is 9.15. The van der Waals surface area contributed by atoms with Crippen LogP contribution in [0.15, 0.2) is 48.1 Å². The van der Waals surface area contributed by atoms with Crippen molar-refractivity contribution >= 4 is 35.2 Å². The van der Waals surface area contributed by atoms with E-state index in [0.717, 1.165) is 10.5 Å². The lowest BCUT2D eigenvalue weighted by atomic mass is 9.93. The van der Waals surface area contributed by atoms with Crippen LogP contribution in [0.5, 0.6) is 0 Å². The first-order valence-corrected chi connectivity index (χ1v) is 11.0. The van der Waals surface area contributed by atoms with Crippen LogP contribution in [0.1, 0.15) is 57.5 Å². The molecule has 33 heavy (non-hydrogen) atoms. The van der Waals surface area contributed by atoms with Crippen LogP contribution in [0.2, 0.25) is 5.28 Å². The zero-order chi connectivity index (χ0) is 23.7. The lowest BCUT2D eigenvalue weighted by Crippen LogP contribution is -2.32. The summed E-state index contributed by atoms with van der Waals surface area (Å²) in [6.07, 6.45) is 6.11. The van der Waals surface area contributed by atoms with E-state index in [-0.39, 0.29) is 47.5 Å². The van der Waals surface area contributed by atoms with Gasteiger partial charge in [-0.3, -0.25) is 14.5 Å². The van der Waals surface area contributed by atoms with Crippen LogP contribution in [0.3, 0.4) is 0 Å². The van der Waals surface area contributed by atoms with Crippen LogP contribution in [0.4, 0.5) is 5.82 Å². The highest BCUT2D eigenvalue weighted by atomic mass is 35.5. The summed E-state index contributed by atoms with van der Waals surface area (Å²) >= 11 is 6.20. The summed E-state index contributed by atoms with van der Waals surface area (Å²) < 4.78 is 5.25. The summed E-state index contributed by atoms with van der Waals surface area (Å²) in [5, 5.41) is 3.15. The molecule has 8 nitrogen and oxygen atoms in total. The zero-order valence-corrected chi connectivity index (χ0v) is 19.2. The van der Waals surface area contributed by atoms with Crippen LogP contribution in [-0.2, 0) is 11.3 Å². The summed E-state index contributed by atoms with van der Waals surface area (Å²) in [4.78, 5) is 48.2. The maximum absolute atomic E-state index is 12.9. The van der Waals surface area contributed by atoms with E-state index in [0.29, 0.717) is 11.1 Å². The molecule has 2 unspecified atom stereocenters. The number of aromatic nitrogens is 2. The minimum Gasteiger partial charge on any atom is -0.462 e. The van der Waals surface area contributed by atoms with Crippen LogP contribution in [0.25, 0.3) is 0 Å². The van der Waals surface area contributed by atoms with Crippen LogP contribution < -0.4 is 5.32 Å². The fraction of sp³-hybridized carbons (Fsp3) is 0.292. The number of hydrogen-bond donors (Lipinski definition) is 1. The number of carbonyl (C=O) groups is 3. The Balaban J connectivity index is 1.74. The van der Waals surface area contributed by atoms with E-state index in [1.807, 2.05) is 26.0 Å². The lowest BCUT2D eigenvalue weighted by molar-refractivity contribution is 0.0516. The lowest BCUT2D eigenvalue weighted by Gasteiger charge is -2.25. The average molecular weight is 467 g/mol. The maximum Gasteiger partial charge on any atom is 0.343 e. The number of fused-ring (bicyclic) bond motifs is 1. The predicted molar refractivity (Wildman–Crippen MR) is 123 cm³/mol. The molecule has 9 heteroatoms. The molecule has 1 aliphatic carbocycles. The molecule has 170 valence electrons. The summed E-state index contributed by atoms with van der Waals surface area (Å²) in [5.41, 5.74) is 1.86. The van der Waals surface area contributed by atoms with Crippen molar-refractivity contribution in [2.24, 2.45) is 5.92 Å². The van der Waals surface area contributed by atoms with Gasteiger partial charge in [-0.05, 0) is 43.5 Å². The molecule has 0 saturated carbocycles. The highest BCUT2D eigenvalue weighted by molar-refractivity contribution is 6.28. The largest absolute Gasteiger partial charge is 0.462 e. The molecule has 0 fully saturated rings. The van der Waals surface area contributed by atoms with Crippen molar-refractivity contribution in [1.29, 1.82) is 0 Å². The summed E-state index contributed by atoms with van der Waals surface area (Å²) in [5.74, 6) is -1.27. The topological polar surface area (TPSA) is 101 Å². The van der Waals surface area contributed by atoms with Gasteiger partial charge in [0.1, 0.15) is 11.4 Å². The Morgan fingerprint density at radius 3 is 2.48 bits per heavy atom. The number of esters is 1. The van der Waals surface area contributed by atoms with Gasteiger partial charge in [0, 0.05) is 0 Å². The molecule has 1 aliphatic heterocycles. The Morgan fingerprint density at radius 2 is 1.85 bits per heavy atom. The van der Waals surface area contributed by atoms with Gasteiger partial charge in [0.15, 0.2) is 0 Å². The summed E-state index contributed by atoms with van der Waals surface area (Å²) in [7, 11) is 0. The maximum atomic E-state index is 12.9. The van der Waals surface area contributed by atoms with E-state index in [4.69, 9.17) is 16.3 Å². The van der Waals surface area contributed by atoms with Crippen molar-refractivity contribution in [3.63, 3.8) is 0 Å². The number of halogens is 1. The molecule has 2 amide bonds. The number of allylic oxidation sites excluding steroid dienone is 2. The average Bonchev–Trinajstić information content (AvgIpc) is 3.01.